The molecule has 4 aromatic carbocycles. The normalized spacial score (nSPS) is 10.2. The number of para-hydroxylation sites is 2. The van der Waals surface area contributed by atoms with E-state index >= 15 is 0 Å². The van der Waals surface area contributed by atoms with Gasteiger partial charge in [0.25, 0.3) is 0 Å². The molecule has 0 bridgehead atoms. The number of hydrogen-bond acceptors (Lipinski definition) is 4. The van der Waals surface area contributed by atoms with Gasteiger partial charge in [0.1, 0.15) is 0 Å². The Morgan fingerprint density at radius 3 is 1.24 bits per heavy atom. The van der Waals surface area contributed by atoms with Crippen molar-refractivity contribution in [2.75, 3.05) is 10.6 Å². The molecule has 178 valence electrons. The summed E-state index contributed by atoms with van der Waals surface area (Å²) < 4.78 is 0. The summed E-state index contributed by atoms with van der Waals surface area (Å²) in [5.41, 5.74) is 8.76. The van der Waals surface area contributed by atoms with Crippen LogP contribution in [0.25, 0.3) is 21.8 Å². The number of aryl methyl sites for hydroxylation is 2. The van der Waals surface area contributed by atoms with E-state index in [1.54, 1.807) is 0 Å². The van der Waals surface area contributed by atoms with Gasteiger partial charge in [0.15, 0.2) is 0 Å². The third-order valence-corrected chi connectivity index (χ3v) is 5.93. The molecule has 37 heavy (non-hydrogen) atoms. The molecule has 6 rings (SSSR count). The Kier molecular flexibility index (Phi) is 8.61. The Morgan fingerprint density at radius 1 is 0.459 bits per heavy atom. The predicted molar refractivity (Wildman–Crippen MR) is 152 cm³/mol. The van der Waals surface area contributed by atoms with Crippen molar-refractivity contribution in [2.45, 2.75) is 13.8 Å². The minimum Gasteiger partial charge on any atom is -0.354 e. The van der Waals surface area contributed by atoms with Crippen LogP contribution in [-0.4, -0.2) is 9.97 Å². The number of nitrogens with zero attached hydrogens (tertiary/aromatic N) is 2. The zero-order valence-corrected chi connectivity index (χ0v) is 24.1. The summed E-state index contributed by atoms with van der Waals surface area (Å²) in [7, 11) is 0. The van der Waals surface area contributed by atoms with Crippen molar-refractivity contribution < 1.29 is 19.5 Å². The van der Waals surface area contributed by atoms with Crippen LogP contribution < -0.4 is 10.6 Å². The van der Waals surface area contributed by atoms with Gasteiger partial charge in [-0.05, 0) is 62.4 Å². The van der Waals surface area contributed by atoms with Gasteiger partial charge in [-0.3, -0.25) is 9.97 Å². The summed E-state index contributed by atoms with van der Waals surface area (Å²) in [6.45, 7) is 4.17. The van der Waals surface area contributed by atoms with Gasteiger partial charge >= 0.3 is 0 Å². The zero-order valence-electron chi connectivity index (χ0n) is 21.1. The van der Waals surface area contributed by atoms with Gasteiger partial charge in [0.05, 0.1) is 22.4 Å². The van der Waals surface area contributed by atoms with Crippen LogP contribution >= 0.6 is 0 Å². The van der Waals surface area contributed by atoms with E-state index in [9.17, 15) is 0 Å². The van der Waals surface area contributed by atoms with Crippen LogP contribution in [0.3, 0.4) is 0 Å². The molecule has 6 aromatic rings. The SMILES string of the molecule is Cc1ccc(Nc2cccc3cccnc23)cc1.Cc1ccc(Nc2cccc3cccnc23)cc1.[Zn]. The first-order chi connectivity index (χ1) is 17.7. The van der Waals surface area contributed by atoms with Crippen LogP contribution in [0.1, 0.15) is 11.1 Å². The standard InChI is InChI=1S/2C16H14N2.Zn/c2*1-12-7-9-14(10-8-12)18-15-6-2-4-13-5-3-11-17-16(13)15;/h2*2-11,18H,1H3;. The Morgan fingerprint density at radius 2 is 0.838 bits per heavy atom. The number of nitrogens with one attached hydrogen (secondary N) is 2. The molecule has 0 unspecified atom stereocenters. The van der Waals surface area contributed by atoms with E-state index in [-0.39, 0.29) is 19.5 Å². The van der Waals surface area contributed by atoms with E-state index in [4.69, 9.17) is 0 Å². The van der Waals surface area contributed by atoms with Gasteiger partial charge < -0.3 is 10.6 Å². The molecule has 2 N–H and O–H groups in total. The van der Waals surface area contributed by atoms with Gasteiger partial charge in [-0.2, -0.15) is 0 Å². The van der Waals surface area contributed by atoms with E-state index in [1.807, 2.05) is 36.7 Å². The molecule has 0 saturated heterocycles. The first-order valence-electron chi connectivity index (χ1n) is 12.0. The van der Waals surface area contributed by atoms with Crippen LogP contribution in [0.4, 0.5) is 22.7 Å². The average molecular weight is 534 g/mol. The minimum absolute atomic E-state index is 0. The van der Waals surface area contributed by atoms with Crippen molar-refractivity contribution in [3.05, 3.63) is 133 Å². The molecular weight excluding hydrogens is 506 g/mol. The molecule has 0 amide bonds. The quantitative estimate of drug-likeness (QED) is 0.223. The fraction of sp³-hybridized carbons (Fsp3) is 0.0625. The van der Waals surface area contributed by atoms with Crippen LogP contribution in [0.5, 0.6) is 0 Å². The number of aromatic nitrogens is 2. The molecule has 0 saturated carbocycles. The zero-order chi connectivity index (χ0) is 24.7. The fourth-order valence-corrected chi connectivity index (χ4v) is 3.99. The number of benzene rings is 4. The molecule has 0 fully saturated rings. The fourth-order valence-electron chi connectivity index (χ4n) is 3.99. The van der Waals surface area contributed by atoms with Crippen molar-refractivity contribution >= 4 is 44.6 Å². The Bertz CT molecular complexity index is 1460. The molecule has 0 aliphatic carbocycles. The molecule has 0 radical (unpaired) electrons. The topological polar surface area (TPSA) is 49.8 Å². The summed E-state index contributed by atoms with van der Waals surface area (Å²) in [6, 6.07) is 37.1. The molecule has 4 nitrogen and oxygen atoms in total. The second-order valence-electron chi connectivity index (χ2n) is 8.74. The molecular formula is C32H28N4Zn. The molecule has 0 aliphatic rings. The first kappa shape index (κ1) is 26.0. The van der Waals surface area contributed by atoms with Crippen molar-refractivity contribution in [1.82, 2.24) is 9.97 Å². The second-order valence-corrected chi connectivity index (χ2v) is 8.74. The number of fused-ring (bicyclic) bond motifs is 2. The number of anilines is 4. The summed E-state index contributed by atoms with van der Waals surface area (Å²) in [5.74, 6) is 0. The summed E-state index contributed by atoms with van der Waals surface area (Å²) >= 11 is 0. The van der Waals surface area contributed by atoms with Crippen molar-refractivity contribution in [1.29, 1.82) is 0 Å². The molecule has 2 aromatic heterocycles. The number of pyridine rings is 2. The van der Waals surface area contributed by atoms with Crippen molar-refractivity contribution in [2.24, 2.45) is 0 Å². The first-order valence-corrected chi connectivity index (χ1v) is 12.0. The predicted octanol–water partition coefficient (Wildman–Crippen LogP) is 8.57. The summed E-state index contributed by atoms with van der Waals surface area (Å²) in [6.07, 6.45) is 3.64. The Balaban J connectivity index is 0.000000168. The van der Waals surface area contributed by atoms with Crippen LogP contribution in [0.15, 0.2) is 122 Å². The van der Waals surface area contributed by atoms with Crippen LogP contribution in [0, 0.1) is 13.8 Å². The molecule has 2 heterocycles. The summed E-state index contributed by atoms with van der Waals surface area (Å²) in [5, 5.41) is 9.12. The van der Waals surface area contributed by atoms with Crippen molar-refractivity contribution in [3.63, 3.8) is 0 Å². The monoisotopic (exact) mass is 532 g/mol. The van der Waals surface area contributed by atoms with Gasteiger partial charge in [-0.1, -0.05) is 71.8 Å². The van der Waals surface area contributed by atoms with E-state index < -0.39 is 0 Å². The third kappa shape index (κ3) is 6.58. The third-order valence-electron chi connectivity index (χ3n) is 5.93. The number of rotatable bonds is 4. The van der Waals surface area contributed by atoms with Gasteiger partial charge in [-0.15, -0.1) is 0 Å². The average Bonchev–Trinajstić information content (AvgIpc) is 2.92. The van der Waals surface area contributed by atoms with Gasteiger partial charge in [-0.25, -0.2) is 0 Å². The van der Waals surface area contributed by atoms with Crippen LogP contribution in [-0.2, 0) is 19.5 Å². The maximum atomic E-state index is 4.43. The number of hydrogen-bond donors (Lipinski definition) is 2. The molecule has 0 atom stereocenters. The van der Waals surface area contributed by atoms with E-state index in [0.717, 1.165) is 44.6 Å². The second kappa shape index (κ2) is 12.2. The maximum Gasteiger partial charge on any atom is 0.0936 e. The smallest absolute Gasteiger partial charge is 0.0936 e. The molecule has 0 spiro atoms. The van der Waals surface area contributed by atoms with Gasteiger partial charge in [0, 0.05) is 54.0 Å². The molecule has 0 aliphatic heterocycles. The Labute approximate surface area is 230 Å². The van der Waals surface area contributed by atoms with Gasteiger partial charge in [0.2, 0.25) is 0 Å². The van der Waals surface area contributed by atoms with Crippen molar-refractivity contribution in [3.8, 4) is 0 Å². The molecule has 5 heteroatoms. The largest absolute Gasteiger partial charge is 0.354 e. The minimum atomic E-state index is 0. The Hall–Kier alpha value is -4.08. The van der Waals surface area contributed by atoms with E-state index in [1.165, 1.54) is 11.1 Å². The summed E-state index contributed by atoms with van der Waals surface area (Å²) in [4.78, 5) is 8.86. The maximum absolute atomic E-state index is 4.43. The van der Waals surface area contributed by atoms with E-state index in [2.05, 4.69) is 119 Å². The van der Waals surface area contributed by atoms with Crippen LogP contribution in [0.2, 0.25) is 0 Å². The van der Waals surface area contributed by atoms with E-state index in [0.29, 0.717) is 0 Å².